The van der Waals surface area contributed by atoms with Gasteiger partial charge in [-0.25, -0.2) is 15.4 Å². The second-order valence-corrected chi connectivity index (χ2v) is 6.64. The minimum Gasteiger partial charge on any atom is -0.441 e. The standard InChI is InChI=1S/C16H17N5O2S/c1-9-12(18-15(23-9)10-5-3-2-4-6-10)8-24-16-19-13-11(7-17-21-13)14(22)20-16/h2-6,11,13,17,21H,7-8H2,1H3,(H,19,20,22). The van der Waals surface area contributed by atoms with Gasteiger partial charge in [0.05, 0.1) is 11.6 Å². The van der Waals surface area contributed by atoms with E-state index in [2.05, 4.69) is 26.1 Å². The number of carbonyl (C=O) groups is 1. The summed E-state index contributed by atoms with van der Waals surface area (Å²) in [5.41, 5.74) is 7.78. The molecular weight excluding hydrogens is 326 g/mol. The lowest BCUT2D eigenvalue weighted by Gasteiger charge is -2.21. The number of hydrogen-bond acceptors (Lipinski definition) is 7. The van der Waals surface area contributed by atoms with Crippen LogP contribution in [0.15, 0.2) is 39.7 Å². The lowest BCUT2D eigenvalue weighted by molar-refractivity contribution is -0.123. The molecule has 1 aromatic carbocycles. The van der Waals surface area contributed by atoms with Crippen molar-refractivity contribution in [3.63, 3.8) is 0 Å². The van der Waals surface area contributed by atoms with Gasteiger partial charge in [0.1, 0.15) is 11.9 Å². The summed E-state index contributed by atoms with van der Waals surface area (Å²) >= 11 is 1.45. The summed E-state index contributed by atoms with van der Waals surface area (Å²) in [6.07, 6.45) is -0.195. The smallest absolute Gasteiger partial charge is 0.233 e. The van der Waals surface area contributed by atoms with E-state index in [1.807, 2.05) is 37.3 Å². The summed E-state index contributed by atoms with van der Waals surface area (Å²) in [6.45, 7) is 2.50. The van der Waals surface area contributed by atoms with Crippen LogP contribution in [0.3, 0.4) is 0 Å². The first-order valence-corrected chi connectivity index (χ1v) is 8.71. The Hall–Kier alpha value is -2.16. The number of oxazole rings is 1. The molecule has 124 valence electrons. The van der Waals surface area contributed by atoms with Gasteiger partial charge in [-0.2, -0.15) is 0 Å². The van der Waals surface area contributed by atoms with Crippen molar-refractivity contribution in [1.82, 2.24) is 21.2 Å². The maximum atomic E-state index is 12.0. The Kier molecular flexibility index (Phi) is 4.09. The van der Waals surface area contributed by atoms with Crippen LogP contribution in [0.5, 0.6) is 0 Å². The quantitative estimate of drug-likeness (QED) is 0.781. The molecule has 1 aromatic heterocycles. The molecule has 1 amide bonds. The van der Waals surface area contributed by atoms with E-state index in [9.17, 15) is 4.79 Å². The third kappa shape index (κ3) is 2.95. The Morgan fingerprint density at radius 1 is 1.33 bits per heavy atom. The maximum Gasteiger partial charge on any atom is 0.233 e. The van der Waals surface area contributed by atoms with Gasteiger partial charge in [-0.05, 0) is 19.1 Å². The number of hydrazine groups is 1. The van der Waals surface area contributed by atoms with Crippen molar-refractivity contribution in [2.24, 2.45) is 10.9 Å². The molecule has 2 aliphatic rings. The predicted molar refractivity (Wildman–Crippen MR) is 92.0 cm³/mol. The Bertz CT molecular complexity index is 789. The number of nitrogens with zero attached hydrogens (tertiary/aromatic N) is 2. The van der Waals surface area contributed by atoms with Gasteiger partial charge < -0.3 is 9.73 Å². The highest BCUT2D eigenvalue weighted by Gasteiger charge is 2.36. The molecule has 2 unspecified atom stereocenters. The number of nitrogens with one attached hydrogen (secondary N) is 3. The van der Waals surface area contributed by atoms with Crippen LogP contribution in [0.25, 0.3) is 11.5 Å². The number of fused-ring (bicyclic) bond motifs is 1. The molecule has 8 heteroatoms. The highest BCUT2D eigenvalue weighted by atomic mass is 32.2. The van der Waals surface area contributed by atoms with Crippen LogP contribution in [-0.4, -0.2) is 28.8 Å². The molecule has 3 N–H and O–H groups in total. The van der Waals surface area contributed by atoms with E-state index in [4.69, 9.17) is 4.42 Å². The van der Waals surface area contributed by atoms with Crippen LogP contribution in [0.1, 0.15) is 11.5 Å². The van der Waals surface area contributed by atoms with E-state index >= 15 is 0 Å². The molecular formula is C16H17N5O2S. The van der Waals surface area contributed by atoms with Gasteiger partial charge >= 0.3 is 0 Å². The molecule has 0 saturated carbocycles. The topological polar surface area (TPSA) is 91.6 Å². The predicted octanol–water partition coefficient (Wildman–Crippen LogP) is 1.42. The molecule has 0 radical (unpaired) electrons. The molecule has 2 aromatic rings. The highest BCUT2D eigenvalue weighted by Crippen LogP contribution is 2.25. The lowest BCUT2D eigenvalue weighted by atomic mass is 10.1. The summed E-state index contributed by atoms with van der Waals surface area (Å²) in [5.74, 6) is 1.83. The monoisotopic (exact) mass is 343 g/mol. The highest BCUT2D eigenvalue weighted by molar-refractivity contribution is 8.13. The molecule has 0 aliphatic carbocycles. The molecule has 4 rings (SSSR count). The van der Waals surface area contributed by atoms with Crippen LogP contribution >= 0.6 is 11.8 Å². The van der Waals surface area contributed by atoms with E-state index in [0.717, 1.165) is 17.0 Å². The largest absolute Gasteiger partial charge is 0.441 e. The molecule has 24 heavy (non-hydrogen) atoms. The summed E-state index contributed by atoms with van der Waals surface area (Å²) in [7, 11) is 0. The normalized spacial score (nSPS) is 22.9. The fraction of sp³-hybridized carbons (Fsp3) is 0.312. The summed E-state index contributed by atoms with van der Waals surface area (Å²) in [6, 6.07) is 9.79. The van der Waals surface area contributed by atoms with Gasteiger partial charge in [0.25, 0.3) is 0 Å². The number of amides is 1. The number of aryl methyl sites for hydroxylation is 1. The molecule has 2 atom stereocenters. The van der Waals surface area contributed by atoms with Crippen molar-refractivity contribution in [3.05, 3.63) is 41.8 Å². The van der Waals surface area contributed by atoms with Crippen molar-refractivity contribution in [3.8, 4) is 11.5 Å². The maximum absolute atomic E-state index is 12.0. The van der Waals surface area contributed by atoms with Crippen LogP contribution < -0.4 is 16.2 Å². The van der Waals surface area contributed by atoms with Crippen molar-refractivity contribution in [2.45, 2.75) is 18.8 Å². The fourth-order valence-electron chi connectivity index (χ4n) is 2.68. The zero-order valence-electron chi connectivity index (χ0n) is 13.1. The number of rotatable bonds is 3. The first-order chi connectivity index (χ1) is 11.7. The molecule has 1 saturated heterocycles. The molecule has 7 nitrogen and oxygen atoms in total. The number of aromatic nitrogens is 1. The van der Waals surface area contributed by atoms with Gasteiger partial charge in [0.2, 0.25) is 11.8 Å². The third-order valence-corrected chi connectivity index (χ3v) is 4.93. The SMILES string of the molecule is Cc1oc(-c2ccccc2)nc1CSC1=NC2NNCC2C(=O)N1. The van der Waals surface area contributed by atoms with Crippen molar-refractivity contribution in [2.75, 3.05) is 6.54 Å². The van der Waals surface area contributed by atoms with Crippen LogP contribution in [-0.2, 0) is 10.5 Å². The van der Waals surface area contributed by atoms with Gasteiger partial charge in [-0.3, -0.25) is 10.2 Å². The number of aliphatic imine (C=N–C) groups is 1. The average Bonchev–Trinajstić information content (AvgIpc) is 3.21. The summed E-state index contributed by atoms with van der Waals surface area (Å²) < 4.78 is 5.76. The number of amidine groups is 1. The van der Waals surface area contributed by atoms with Crippen molar-refractivity contribution < 1.29 is 9.21 Å². The number of hydrogen-bond donors (Lipinski definition) is 3. The fourth-order valence-corrected chi connectivity index (χ4v) is 3.58. The average molecular weight is 343 g/mol. The lowest BCUT2D eigenvalue weighted by Crippen LogP contribution is -2.46. The number of carbonyl (C=O) groups excluding carboxylic acids is 1. The van der Waals surface area contributed by atoms with Gasteiger partial charge in [-0.1, -0.05) is 30.0 Å². The molecule has 0 bridgehead atoms. The van der Waals surface area contributed by atoms with E-state index < -0.39 is 0 Å². The summed E-state index contributed by atoms with van der Waals surface area (Å²) in [4.78, 5) is 21.1. The van der Waals surface area contributed by atoms with Crippen LogP contribution in [0, 0.1) is 12.8 Å². The van der Waals surface area contributed by atoms with Gasteiger partial charge in [-0.15, -0.1) is 0 Å². The number of benzene rings is 1. The van der Waals surface area contributed by atoms with E-state index in [-0.39, 0.29) is 18.0 Å². The zero-order chi connectivity index (χ0) is 16.5. The Balaban J connectivity index is 1.47. The Morgan fingerprint density at radius 2 is 2.17 bits per heavy atom. The van der Waals surface area contributed by atoms with Gasteiger partial charge in [0.15, 0.2) is 5.17 Å². The van der Waals surface area contributed by atoms with Crippen molar-refractivity contribution >= 4 is 22.8 Å². The summed E-state index contributed by atoms with van der Waals surface area (Å²) in [5, 5.41) is 3.46. The minimum absolute atomic E-state index is 0.00292. The minimum atomic E-state index is -0.195. The van der Waals surface area contributed by atoms with E-state index in [1.165, 1.54) is 11.8 Å². The van der Waals surface area contributed by atoms with Crippen LogP contribution in [0.2, 0.25) is 0 Å². The van der Waals surface area contributed by atoms with Crippen LogP contribution in [0.4, 0.5) is 0 Å². The second kappa shape index (κ2) is 6.39. The third-order valence-electron chi connectivity index (χ3n) is 4.04. The molecule has 1 fully saturated rings. The first kappa shape index (κ1) is 15.4. The Labute approximate surface area is 143 Å². The Morgan fingerprint density at radius 3 is 3.00 bits per heavy atom. The van der Waals surface area contributed by atoms with Crippen molar-refractivity contribution in [1.29, 1.82) is 0 Å². The van der Waals surface area contributed by atoms with E-state index in [1.54, 1.807) is 0 Å². The molecule has 0 spiro atoms. The molecule has 3 heterocycles. The van der Waals surface area contributed by atoms with E-state index in [0.29, 0.717) is 23.4 Å². The number of thioether (sulfide) groups is 1. The molecule has 2 aliphatic heterocycles. The second-order valence-electron chi connectivity index (χ2n) is 5.68. The first-order valence-electron chi connectivity index (χ1n) is 7.72. The van der Waals surface area contributed by atoms with Gasteiger partial charge in [0, 0.05) is 17.9 Å². The zero-order valence-corrected chi connectivity index (χ0v) is 13.9.